The van der Waals surface area contributed by atoms with Crippen molar-refractivity contribution in [2.24, 2.45) is 0 Å². The molecule has 0 spiro atoms. The molecule has 5 heteroatoms. The van der Waals surface area contributed by atoms with Gasteiger partial charge in [0, 0.05) is 29.2 Å². The Kier molecular flexibility index (Phi) is 178. The van der Waals surface area contributed by atoms with Gasteiger partial charge in [-0.1, -0.05) is 0 Å². The van der Waals surface area contributed by atoms with Gasteiger partial charge in [-0.2, -0.15) is 0 Å². The normalized spacial score (nSPS) is 1.60. The van der Waals surface area contributed by atoms with Gasteiger partial charge in [-0.25, -0.2) is 0 Å². The standard InChI is InChI=1S/Al.BH3Si.Mg.Ti.5H/c;1-2;;;;;;;/h;2H3;;;;;;;/q;;+2;;;;;2*-1. The molecule has 0 aliphatic rings. The topological polar surface area (TPSA) is 0 Å². The van der Waals surface area contributed by atoms with E-state index in [0.717, 1.165) is 10.1 Å². The molecular formula is H8AlBMgSiTi. The SMILES string of the molecule is [AlH3].[B][SiH3].[H-].[H-].[Mg+2].[Ti]. The Morgan fingerprint density at radius 3 is 1.40 bits per heavy atom. The first-order chi connectivity index (χ1) is 1.00. The second-order valence-electron chi connectivity index (χ2n) is 0. The molecule has 0 nitrogen and oxygen atoms in total. The molecule has 5 heavy (non-hydrogen) atoms. The van der Waals surface area contributed by atoms with Gasteiger partial charge in [-0.15, -0.1) is 0 Å². The molecule has 0 heterocycles. The van der Waals surface area contributed by atoms with Gasteiger partial charge in [0.25, 0.3) is 0 Å². The minimum Gasteiger partial charge on any atom is -1.00 e. The zero-order valence-corrected chi connectivity index (χ0v) is 7.76. The fourth-order valence-corrected chi connectivity index (χ4v) is 0. The molecule has 2 radical (unpaired) electrons. The molecular weight excluding hydrogens is 138 g/mol. The molecule has 0 rings (SSSR count). The first-order valence-corrected chi connectivity index (χ1v) is 1.73. The minimum atomic E-state index is 0. The zero-order chi connectivity index (χ0) is 2.00. The summed E-state index contributed by atoms with van der Waals surface area (Å²) in [6.07, 6.45) is 0. The Morgan fingerprint density at radius 2 is 1.40 bits per heavy atom. The van der Waals surface area contributed by atoms with Gasteiger partial charge in [0.15, 0.2) is 17.4 Å². The van der Waals surface area contributed by atoms with Crippen molar-refractivity contribution >= 4 is 58.0 Å². The predicted molar refractivity (Wildman–Crippen MR) is 33.6 cm³/mol. The third kappa shape index (κ3) is 22.0. The van der Waals surface area contributed by atoms with Crippen molar-refractivity contribution in [3.8, 4) is 0 Å². The summed E-state index contributed by atoms with van der Waals surface area (Å²) in [6, 6.07) is 0. The van der Waals surface area contributed by atoms with Crippen LogP contribution in [0.15, 0.2) is 0 Å². The summed E-state index contributed by atoms with van der Waals surface area (Å²) in [5.41, 5.74) is 0. The van der Waals surface area contributed by atoms with E-state index in [4.69, 9.17) is 0 Å². The largest absolute Gasteiger partial charge is 2.00 e. The van der Waals surface area contributed by atoms with E-state index < -0.39 is 0 Å². The Bertz CT molecular complexity index is 17.7. The summed E-state index contributed by atoms with van der Waals surface area (Å²) in [5.74, 6) is 0. The second-order valence-corrected chi connectivity index (χ2v) is 0. The Labute approximate surface area is 81.8 Å². The molecule has 0 fully saturated rings. The minimum absolute atomic E-state index is 0. The second kappa shape index (κ2) is 33.5. The maximum atomic E-state index is 4.64. The predicted octanol–water partition coefficient (Wildman–Crippen LogP) is -2.91. The van der Waals surface area contributed by atoms with Crippen molar-refractivity contribution in [3.63, 3.8) is 0 Å². The van der Waals surface area contributed by atoms with Gasteiger partial charge in [0.05, 0.1) is 0 Å². The van der Waals surface area contributed by atoms with Crippen LogP contribution in [-0.4, -0.2) is 58.0 Å². The van der Waals surface area contributed by atoms with E-state index in [0.29, 0.717) is 0 Å². The van der Waals surface area contributed by atoms with Crippen molar-refractivity contribution in [3.05, 3.63) is 0 Å². The molecule has 0 aromatic rings. The van der Waals surface area contributed by atoms with Crippen LogP contribution in [0.5, 0.6) is 0 Å². The van der Waals surface area contributed by atoms with Crippen molar-refractivity contribution in [1.82, 2.24) is 0 Å². The number of rotatable bonds is 0. The molecule has 24 valence electrons. The Morgan fingerprint density at radius 1 is 1.40 bits per heavy atom. The summed E-state index contributed by atoms with van der Waals surface area (Å²) in [7, 11) is 5.44. The molecule has 0 N–H and O–H groups in total. The van der Waals surface area contributed by atoms with E-state index in [1.54, 1.807) is 0 Å². The van der Waals surface area contributed by atoms with Gasteiger partial charge in [0.1, 0.15) is 0 Å². The van der Waals surface area contributed by atoms with Crippen LogP contribution < -0.4 is 0 Å². The third-order valence-corrected chi connectivity index (χ3v) is 0. The smallest absolute Gasteiger partial charge is 1.00 e. The molecule has 0 unspecified atom stereocenters. The fourth-order valence-electron chi connectivity index (χ4n) is 0. The Balaban J connectivity index is -0.000000000500. The molecule has 0 aromatic carbocycles. The average molecular weight is 146 g/mol. The summed E-state index contributed by atoms with van der Waals surface area (Å²) < 4.78 is 0. The van der Waals surface area contributed by atoms with Gasteiger partial charge in [0.2, 0.25) is 0 Å². The van der Waals surface area contributed by atoms with Crippen LogP contribution in [0.2, 0.25) is 0 Å². The molecule has 0 aromatic heterocycles. The molecule has 0 aliphatic heterocycles. The third-order valence-electron chi connectivity index (χ3n) is 0. The molecule has 0 saturated carbocycles. The average Bonchev–Trinajstić information content (AvgIpc) is 1.00. The number of hydrogen-bond acceptors (Lipinski definition) is 0. The van der Waals surface area contributed by atoms with Crippen LogP contribution >= 0.6 is 0 Å². The van der Waals surface area contributed by atoms with E-state index in [9.17, 15) is 0 Å². The Hall–Kier alpha value is 2.29. The quantitative estimate of drug-likeness (QED) is 0.321. The van der Waals surface area contributed by atoms with Crippen LogP contribution in [0.4, 0.5) is 0 Å². The van der Waals surface area contributed by atoms with Crippen LogP contribution in [0.3, 0.4) is 0 Å². The van der Waals surface area contributed by atoms with E-state index in [2.05, 4.69) is 7.44 Å². The van der Waals surface area contributed by atoms with E-state index >= 15 is 0 Å². The summed E-state index contributed by atoms with van der Waals surface area (Å²) in [4.78, 5) is 0. The maximum absolute atomic E-state index is 4.64. The van der Waals surface area contributed by atoms with E-state index in [-0.39, 0.29) is 65.0 Å². The van der Waals surface area contributed by atoms with Gasteiger partial charge < -0.3 is 2.85 Å². The molecule has 0 amide bonds. The zero-order valence-electron chi connectivity index (χ0n) is 4.78. The number of hydrogen-bond donors (Lipinski definition) is 0. The first kappa shape index (κ1) is 26.6. The van der Waals surface area contributed by atoms with Crippen molar-refractivity contribution in [1.29, 1.82) is 0 Å². The first-order valence-electron chi connectivity index (χ1n) is 0.577. The van der Waals surface area contributed by atoms with E-state index in [1.165, 1.54) is 0 Å². The van der Waals surface area contributed by atoms with Crippen molar-refractivity contribution in [2.75, 3.05) is 0 Å². The van der Waals surface area contributed by atoms with E-state index in [1.807, 2.05) is 0 Å². The maximum Gasteiger partial charge on any atom is 2.00 e. The van der Waals surface area contributed by atoms with Crippen LogP contribution in [0, 0.1) is 0 Å². The van der Waals surface area contributed by atoms with Gasteiger partial charge in [-0.05, 0) is 10.1 Å². The summed E-state index contributed by atoms with van der Waals surface area (Å²) >= 11 is 0. The summed E-state index contributed by atoms with van der Waals surface area (Å²) in [6.45, 7) is 0. The molecule has 0 atom stereocenters. The van der Waals surface area contributed by atoms with Gasteiger partial charge >= 0.3 is 23.1 Å². The summed E-state index contributed by atoms with van der Waals surface area (Å²) in [5, 5.41) is 0. The van der Waals surface area contributed by atoms with Crippen molar-refractivity contribution in [2.45, 2.75) is 0 Å². The monoisotopic (exact) mass is 146 g/mol. The molecule has 0 bridgehead atoms. The van der Waals surface area contributed by atoms with Crippen LogP contribution in [0.25, 0.3) is 0 Å². The van der Waals surface area contributed by atoms with Gasteiger partial charge in [-0.3, -0.25) is 0 Å². The van der Waals surface area contributed by atoms with Crippen LogP contribution in [0.1, 0.15) is 2.85 Å². The van der Waals surface area contributed by atoms with Crippen LogP contribution in [-0.2, 0) is 21.7 Å². The molecule has 0 aliphatic carbocycles. The fraction of sp³-hybridized carbons (Fsp3) is 0. The molecule has 0 saturated heterocycles. The van der Waals surface area contributed by atoms with Crippen molar-refractivity contribution < 1.29 is 24.6 Å².